The summed E-state index contributed by atoms with van der Waals surface area (Å²) in [4.78, 5) is 19.3. The minimum absolute atomic E-state index is 0. The number of likely N-dealkylation sites (tertiary alicyclic amines) is 1. The van der Waals surface area contributed by atoms with Crippen molar-refractivity contribution in [1.82, 2.24) is 15.2 Å². The average Bonchev–Trinajstić information content (AvgIpc) is 2.92. The molecular formula is C18H23Cl2N3O. The molecule has 0 saturated carbocycles. The standard InChI is InChI=1S/C18H21N3O.2ClH/c22-18(17-16-4-2-1-3-13(16)5-8-20-17)21-9-6-14-11-19-12-15(14)7-10-21;;/h1-5,8,14-15,19H,6-7,9-12H2;2*1H/t14-,15+;;. The lowest BCUT2D eigenvalue weighted by Crippen LogP contribution is -2.33. The van der Waals surface area contributed by atoms with Crippen LogP contribution in [0.5, 0.6) is 0 Å². The summed E-state index contributed by atoms with van der Waals surface area (Å²) in [7, 11) is 0. The first-order valence-electron chi connectivity index (χ1n) is 8.16. The summed E-state index contributed by atoms with van der Waals surface area (Å²) in [6.07, 6.45) is 3.95. The number of aromatic nitrogens is 1. The molecule has 1 aromatic heterocycles. The predicted molar refractivity (Wildman–Crippen MR) is 101 cm³/mol. The zero-order valence-corrected chi connectivity index (χ0v) is 15.1. The molecule has 1 aromatic carbocycles. The Kier molecular flexibility index (Phi) is 6.44. The summed E-state index contributed by atoms with van der Waals surface area (Å²) in [5.41, 5.74) is 0.600. The van der Waals surface area contributed by atoms with Crippen molar-refractivity contribution in [3.05, 3.63) is 42.2 Å². The molecule has 130 valence electrons. The molecular weight excluding hydrogens is 345 g/mol. The second-order valence-corrected chi connectivity index (χ2v) is 6.43. The number of carbonyl (C=O) groups is 1. The maximum absolute atomic E-state index is 12.9. The second kappa shape index (κ2) is 8.15. The third-order valence-electron chi connectivity index (χ3n) is 5.18. The maximum Gasteiger partial charge on any atom is 0.273 e. The molecule has 2 aliphatic rings. The van der Waals surface area contributed by atoms with Crippen LogP contribution in [0.25, 0.3) is 10.8 Å². The normalized spacial score (nSPS) is 22.9. The van der Waals surface area contributed by atoms with E-state index in [0.29, 0.717) is 5.69 Å². The molecule has 2 aromatic rings. The van der Waals surface area contributed by atoms with E-state index in [2.05, 4.69) is 10.3 Å². The van der Waals surface area contributed by atoms with Gasteiger partial charge in [0.05, 0.1) is 0 Å². The number of hydrogen-bond acceptors (Lipinski definition) is 3. The third-order valence-corrected chi connectivity index (χ3v) is 5.18. The molecule has 0 radical (unpaired) electrons. The van der Waals surface area contributed by atoms with Crippen LogP contribution in [-0.4, -0.2) is 42.0 Å². The highest BCUT2D eigenvalue weighted by Gasteiger charge is 2.32. The van der Waals surface area contributed by atoms with Gasteiger partial charge in [-0.15, -0.1) is 24.8 Å². The van der Waals surface area contributed by atoms with E-state index in [9.17, 15) is 4.79 Å². The number of hydrogen-bond donors (Lipinski definition) is 1. The van der Waals surface area contributed by atoms with Crippen LogP contribution in [0.3, 0.4) is 0 Å². The molecule has 0 aliphatic carbocycles. The van der Waals surface area contributed by atoms with Crippen molar-refractivity contribution in [3.8, 4) is 0 Å². The number of pyridine rings is 1. The molecule has 3 heterocycles. The van der Waals surface area contributed by atoms with Crippen LogP contribution in [-0.2, 0) is 0 Å². The maximum atomic E-state index is 12.9. The van der Waals surface area contributed by atoms with E-state index in [1.54, 1.807) is 6.20 Å². The van der Waals surface area contributed by atoms with E-state index >= 15 is 0 Å². The number of amides is 1. The van der Waals surface area contributed by atoms with Crippen LogP contribution in [0.15, 0.2) is 36.5 Å². The zero-order valence-electron chi connectivity index (χ0n) is 13.5. The molecule has 6 heteroatoms. The topological polar surface area (TPSA) is 45.2 Å². The van der Waals surface area contributed by atoms with Crippen molar-refractivity contribution in [2.24, 2.45) is 11.8 Å². The van der Waals surface area contributed by atoms with Crippen LogP contribution >= 0.6 is 24.8 Å². The summed E-state index contributed by atoms with van der Waals surface area (Å²) in [6, 6.07) is 9.96. The van der Waals surface area contributed by atoms with Crippen LogP contribution in [0.4, 0.5) is 0 Å². The summed E-state index contributed by atoms with van der Waals surface area (Å²) >= 11 is 0. The highest BCUT2D eigenvalue weighted by molar-refractivity contribution is 6.05. The summed E-state index contributed by atoms with van der Waals surface area (Å²) in [5, 5.41) is 5.52. The van der Waals surface area contributed by atoms with Gasteiger partial charge in [0.15, 0.2) is 0 Å². The number of nitrogens with one attached hydrogen (secondary N) is 1. The molecule has 1 N–H and O–H groups in total. The van der Waals surface area contributed by atoms with Gasteiger partial charge in [-0.1, -0.05) is 24.3 Å². The minimum atomic E-state index is 0. The van der Waals surface area contributed by atoms with Gasteiger partial charge in [0.1, 0.15) is 5.69 Å². The molecule has 0 spiro atoms. The fourth-order valence-electron chi connectivity index (χ4n) is 3.86. The van der Waals surface area contributed by atoms with Gasteiger partial charge in [-0.2, -0.15) is 0 Å². The zero-order chi connectivity index (χ0) is 14.9. The predicted octanol–water partition coefficient (Wildman–Crippen LogP) is 3.15. The van der Waals surface area contributed by atoms with Crippen LogP contribution in [0.1, 0.15) is 23.3 Å². The SMILES string of the molecule is Cl.Cl.O=C(c1nccc2ccccc12)N1CC[C@@H]2CNC[C@@H]2CC1. The Labute approximate surface area is 154 Å². The highest BCUT2D eigenvalue weighted by Crippen LogP contribution is 2.28. The largest absolute Gasteiger partial charge is 0.337 e. The number of nitrogens with zero attached hydrogens (tertiary/aromatic N) is 2. The van der Waals surface area contributed by atoms with Crippen molar-refractivity contribution in [1.29, 1.82) is 0 Å². The number of halogens is 2. The molecule has 24 heavy (non-hydrogen) atoms. The van der Waals surface area contributed by atoms with Gasteiger partial charge in [0.2, 0.25) is 0 Å². The highest BCUT2D eigenvalue weighted by atomic mass is 35.5. The first-order chi connectivity index (χ1) is 10.8. The van der Waals surface area contributed by atoms with E-state index in [1.807, 2.05) is 35.2 Å². The second-order valence-electron chi connectivity index (χ2n) is 6.43. The first-order valence-corrected chi connectivity index (χ1v) is 8.16. The number of benzene rings is 1. The van der Waals surface area contributed by atoms with Gasteiger partial charge in [-0.3, -0.25) is 9.78 Å². The van der Waals surface area contributed by atoms with Crippen molar-refractivity contribution in [2.75, 3.05) is 26.2 Å². The minimum Gasteiger partial charge on any atom is -0.337 e. The molecule has 0 bridgehead atoms. The Balaban J connectivity index is 0.00000104. The van der Waals surface area contributed by atoms with Crippen LogP contribution in [0.2, 0.25) is 0 Å². The smallest absolute Gasteiger partial charge is 0.273 e. The molecule has 2 aliphatic heterocycles. The van der Waals surface area contributed by atoms with E-state index in [0.717, 1.165) is 61.6 Å². The van der Waals surface area contributed by atoms with Gasteiger partial charge in [0.25, 0.3) is 5.91 Å². The van der Waals surface area contributed by atoms with Crippen molar-refractivity contribution in [3.63, 3.8) is 0 Å². The Hall–Kier alpha value is -1.36. The Bertz CT molecular complexity index is 690. The van der Waals surface area contributed by atoms with Crippen LogP contribution < -0.4 is 5.32 Å². The average molecular weight is 368 g/mol. The van der Waals surface area contributed by atoms with Crippen molar-refractivity contribution >= 4 is 41.5 Å². The van der Waals surface area contributed by atoms with Gasteiger partial charge in [-0.05, 0) is 49.2 Å². The fraction of sp³-hybridized carbons (Fsp3) is 0.444. The van der Waals surface area contributed by atoms with E-state index < -0.39 is 0 Å². The van der Waals surface area contributed by atoms with Gasteiger partial charge < -0.3 is 10.2 Å². The summed E-state index contributed by atoms with van der Waals surface area (Å²) in [6.45, 7) is 3.93. The lowest BCUT2D eigenvalue weighted by Gasteiger charge is -2.21. The van der Waals surface area contributed by atoms with E-state index in [-0.39, 0.29) is 30.7 Å². The summed E-state index contributed by atoms with van der Waals surface area (Å²) in [5.74, 6) is 1.56. The number of rotatable bonds is 1. The van der Waals surface area contributed by atoms with Crippen LogP contribution in [0, 0.1) is 11.8 Å². The Morgan fingerprint density at radius 1 is 1.04 bits per heavy atom. The van der Waals surface area contributed by atoms with Crippen molar-refractivity contribution in [2.45, 2.75) is 12.8 Å². The molecule has 4 nitrogen and oxygen atoms in total. The van der Waals surface area contributed by atoms with Crippen molar-refractivity contribution < 1.29 is 4.79 Å². The molecule has 2 fully saturated rings. The number of carbonyl (C=O) groups excluding carboxylic acids is 1. The number of fused-ring (bicyclic) bond motifs is 2. The first kappa shape index (κ1) is 19.0. The quantitative estimate of drug-likeness (QED) is 0.841. The van der Waals surface area contributed by atoms with Gasteiger partial charge in [0, 0.05) is 24.7 Å². The fourth-order valence-corrected chi connectivity index (χ4v) is 3.86. The lowest BCUT2D eigenvalue weighted by atomic mass is 9.92. The Morgan fingerprint density at radius 2 is 1.71 bits per heavy atom. The lowest BCUT2D eigenvalue weighted by molar-refractivity contribution is 0.0755. The molecule has 4 rings (SSSR count). The molecule has 0 unspecified atom stereocenters. The van der Waals surface area contributed by atoms with E-state index in [1.165, 1.54) is 0 Å². The summed E-state index contributed by atoms with van der Waals surface area (Å²) < 4.78 is 0. The third kappa shape index (κ3) is 3.51. The van der Waals surface area contributed by atoms with Gasteiger partial charge >= 0.3 is 0 Å². The Morgan fingerprint density at radius 3 is 2.42 bits per heavy atom. The van der Waals surface area contributed by atoms with Gasteiger partial charge in [-0.25, -0.2) is 0 Å². The molecule has 1 amide bonds. The van der Waals surface area contributed by atoms with E-state index in [4.69, 9.17) is 0 Å². The molecule has 2 atom stereocenters. The monoisotopic (exact) mass is 367 g/mol. The molecule has 2 saturated heterocycles.